The molecule has 0 spiro atoms. The van der Waals surface area contributed by atoms with Crippen LogP contribution in [0.3, 0.4) is 0 Å². The predicted octanol–water partition coefficient (Wildman–Crippen LogP) is 8.51. The quantitative estimate of drug-likeness (QED) is 0.248. The molecule has 1 nitrogen and oxygen atoms in total. The zero-order chi connectivity index (χ0) is 26.9. The van der Waals surface area contributed by atoms with Gasteiger partial charge >= 0.3 is 6.11 Å². The Morgan fingerprint density at radius 2 is 1.35 bits per heavy atom. The Kier molecular flexibility index (Phi) is 7.54. The first-order valence-electron chi connectivity index (χ1n) is 11.8. The summed E-state index contributed by atoms with van der Waals surface area (Å²) in [5, 5.41) is 0. The molecule has 194 valence electrons. The standard InChI is InChI=1S/C29H23F7O/c1-16-3-8-20(9-4-16)27-23(31)14-21(15-24(27)32)37-29(35,36)28-25(33)12-18(13-26(28)34)6-10-19-7-5-17(2)11-22(19)30/h5,7,11-16,20H,3-4,8-9H2,1-2H3. The first kappa shape index (κ1) is 26.6. The normalized spacial score (nSPS) is 17.8. The van der Waals surface area contributed by atoms with Crippen LogP contribution in [0.1, 0.15) is 66.3 Å². The highest BCUT2D eigenvalue weighted by molar-refractivity contribution is 5.46. The second-order valence-electron chi connectivity index (χ2n) is 9.42. The van der Waals surface area contributed by atoms with E-state index in [2.05, 4.69) is 16.6 Å². The second kappa shape index (κ2) is 10.5. The second-order valence-corrected chi connectivity index (χ2v) is 9.42. The number of aryl methyl sites for hydroxylation is 1. The number of alkyl halides is 2. The molecule has 4 rings (SSSR count). The van der Waals surface area contributed by atoms with Crippen molar-refractivity contribution in [3.63, 3.8) is 0 Å². The molecule has 1 aliphatic rings. The highest BCUT2D eigenvalue weighted by Crippen LogP contribution is 2.41. The van der Waals surface area contributed by atoms with Gasteiger partial charge in [0.2, 0.25) is 0 Å². The average Bonchev–Trinajstić information content (AvgIpc) is 2.78. The van der Waals surface area contributed by atoms with Crippen molar-refractivity contribution >= 4 is 0 Å². The molecule has 8 heteroatoms. The molecule has 0 saturated heterocycles. The lowest BCUT2D eigenvalue weighted by atomic mass is 9.79. The molecule has 0 amide bonds. The molecular weight excluding hydrogens is 497 g/mol. The van der Waals surface area contributed by atoms with Crippen molar-refractivity contribution in [1.82, 2.24) is 0 Å². The van der Waals surface area contributed by atoms with Crippen molar-refractivity contribution in [2.75, 3.05) is 0 Å². The minimum Gasteiger partial charge on any atom is -0.429 e. The van der Waals surface area contributed by atoms with Crippen LogP contribution in [0.2, 0.25) is 0 Å². The topological polar surface area (TPSA) is 9.23 Å². The van der Waals surface area contributed by atoms with Gasteiger partial charge in [-0.1, -0.05) is 37.7 Å². The predicted molar refractivity (Wildman–Crippen MR) is 125 cm³/mol. The number of rotatable bonds is 4. The number of ether oxygens (including phenoxy) is 1. The molecule has 0 unspecified atom stereocenters. The Bertz CT molecular complexity index is 1330. The Balaban J connectivity index is 1.58. The highest BCUT2D eigenvalue weighted by atomic mass is 19.3. The van der Waals surface area contributed by atoms with E-state index in [-0.39, 0.29) is 22.6 Å². The monoisotopic (exact) mass is 520 g/mol. The van der Waals surface area contributed by atoms with Gasteiger partial charge in [-0.15, -0.1) is 0 Å². The minimum atomic E-state index is -4.59. The Morgan fingerprint density at radius 3 is 1.92 bits per heavy atom. The van der Waals surface area contributed by atoms with Gasteiger partial charge in [0.1, 0.15) is 40.4 Å². The van der Waals surface area contributed by atoms with Crippen LogP contribution in [-0.4, -0.2) is 0 Å². The lowest BCUT2D eigenvalue weighted by molar-refractivity contribution is -0.189. The maximum atomic E-state index is 14.8. The zero-order valence-corrected chi connectivity index (χ0v) is 20.1. The lowest BCUT2D eigenvalue weighted by Crippen LogP contribution is -2.25. The van der Waals surface area contributed by atoms with E-state index >= 15 is 0 Å². The van der Waals surface area contributed by atoms with Gasteiger partial charge in [-0.05, 0) is 61.4 Å². The van der Waals surface area contributed by atoms with E-state index in [1.807, 2.05) is 6.92 Å². The maximum Gasteiger partial charge on any atom is 0.432 e. The van der Waals surface area contributed by atoms with Crippen LogP contribution in [-0.2, 0) is 6.11 Å². The molecule has 3 aromatic rings. The zero-order valence-electron chi connectivity index (χ0n) is 20.1. The number of benzene rings is 3. The summed E-state index contributed by atoms with van der Waals surface area (Å²) in [6, 6.07) is 6.46. The molecule has 1 fully saturated rings. The van der Waals surface area contributed by atoms with Gasteiger partial charge in [0.05, 0.1) is 5.56 Å². The first-order chi connectivity index (χ1) is 17.4. The summed E-state index contributed by atoms with van der Waals surface area (Å²) in [4.78, 5) is 0. The van der Waals surface area contributed by atoms with E-state index in [1.165, 1.54) is 12.1 Å². The van der Waals surface area contributed by atoms with E-state index < -0.39 is 46.5 Å². The summed E-state index contributed by atoms with van der Waals surface area (Å²) in [6.07, 6.45) is -1.89. The SMILES string of the molecule is Cc1ccc(C#Cc2cc(F)c(C(F)(F)Oc3cc(F)c(C4CCC(C)CC4)c(F)c3)c(F)c2)c(F)c1. The van der Waals surface area contributed by atoms with Crippen LogP contribution >= 0.6 is 0 Å². The van der Waals surface area contributed by atoms with Crippen LogP contribution in [0.25, 0.3) is 0 Å². The first-order valence-corrected chi connectivity index (χ1v) is 11.8. The third kappa shape index (κ3) is 5.93. The fraction of sp³-hybridized carbons (Fsp3) is 0.310. The molecule has 0 bridgehead atoms. The molecule has 0 aliphatic heterocycles. The molecule has 0 radical (unpaired) electrons. The van der Waals surface area contributed by atoms with Crippen LogP contribution in [0.15, 0.2) is 42.5 Å². The van der Waals surface area contributed by atoms with E-state index in [0.717, 1.165) is 12.8 Å². The van der Waals surface area contributed by atoms with Gasteiger partial charge in [-0.2, -0.15) is 8.78 Å². The van der Waals surface area contributed by atoms with E-state index in [1.54, 1.807) is 13.0 Å². The van der Waals surface area contributed by atoms with Crippen molar-refractivity contribution in [1.29, 1.82) is 0 Å². The molecule has 1 aliphatic carbocycles. The van der Waals surface area contributed by atoms with Crippen LogP contribution < -0.4 is 4.74 Å². The van der Waals surface area contributed by atoms with Crippen molar-refractivity contribution in [2.45, 2.75) is 51.6 Å². The van der Waals surface area contributed by atoms with Gasteiger partial charge in [0.15, 0.2) is 0 Å². The van der Waals surface area contributed by atoms with Crippen LogP contribution in [0, 0.1) is 53.8 Å². The van der Waals surface area contributed by atoms with Crippen molar-refractivity contribution in [2.24, 2.45) is 5.92 Å². The fourth-order valence-electron chi connectivity index (χ4n) is 4.54. The lowest BCUT2D eigenvalue weighted by Gasteiger charge is -2.27. The van der Waals surface area contributed by atoms with Crippen LogP contribution in [0.5, 0.6) is 5.75 Å². The molecule has 37 heavy (non-hydrogen) atoms. The average molecular weight is 520 g/mol. The van der Waals surface area contributed by atoms with Gasteiger partial charge in [-0.3, -0.25) is 0 Å². The van der Waals surface area contributed by atoms with E-state index in [4.69, 9.17) is 0 Å². The summed E-state index contributed by atoms with van der Waals surface area (Å²) in [5.74, 6) is -2.26. The summed E-state index contributed by atoms with van der Waals surface area (Å²) in [5.41, 5.74) is -1.67. The maximum absolute atomic E-state index is 14.8. The van der Waals surface area contributed by atoms with Gasteiger partial charge < -0.3 is 4.74 Å². The summed E-state index contributed by atoms with van der Waals surface area (Å²) in [7, 11) is 0. The van der Waals surface area contributed by atoms with Crippen molar-refractivity contribution < 1.29 is 35.5 Å². The van der Waals surface area contributed by atoms with Crippen molar-refractivity contribution in [3.05, 3.63) is 99.4 Å². The molecule has 1 saturated carbocycles. The molecule has 0 aromatic heterocycles. The highest BCUT2D eigenvalue weighted by Gasteiger charge is 2.41. The third-order valence-corrected chi connectivity index (χ3v) is 6.52. The number of hydrogen-bond donors (Lipinski definition) is 0. The Hall–Kier alpha value is -3.47. The third-order valence-electron chi connectivity index (χ3n) is 6.52. The number of halogens is 7. The van der Waals surface area contributed by atoms with E-state index in [0.29, 0.717) is 48.6 Å². The Labute approximate surface area is 210 Å². The smallest absolute Gasteiger partial charge is 0.429 e. The van der Waals surface area contributed by atoms with Gasteiger partial charge in [-0.25, -0.2) is 22.0 Å². The van der Waals surface area contributed by atoms with Gasteiger partial charge in [0.25, 0.3) is 0 Å². The molecule has 0 atom stereocenters. The minimum absolute atomic E-state index is 0.0422. The fourth-order valence-corrected chi connectivity index (χ4v) is 4.54. The summed E-state index contributed by atoms with van der Waals surface area (Å²) in [6.45, 7) is 3.71. The largest absolute Gasteiger partial charge is 0.432 e. The van der Waals surface area contributed by atoms with Crippen LogP contribution in [0.4, 0.5) is 30.7 Å². The molecule has 3 aromatic carbocycles. The molecule has 0 heterocycles. The summed E-state index contributed by atoms with van der Waals surface area (Å²) >= 11 is 0. The number of hydrogen-bond acceptors (Lipinski definition) is 1. The van der Waals surface area contributed by atoms with Gasteiger partial charge in [0, 0.05) is 23.3 Å². The van der Waals surface area contributed by atoms with Crippen molar-refractivity contribution in [3.8, 4) is 17.6 Å². The van der Waals surface area contributed by atoms with E-state index in [9.17, 15) is 30.7 Å². The molecule has 0 N–H and O–H groups in total. The summed E-state index contributed by atoms with van der Waals surface area (Å²) < 4.78 is 106. The molecular formula is C29H23F7O. The Morgan fingerprint density at radius 1 is 0.757 bits per heavy atom.